The minimum absolute atomic E-state index is 0.385. The highest BCUT2D eigenvalue weighted by atomic mass is 127. The summed E-state index contributed by atoms with van der Waals surface area (Å²) < 4.78 is 5.55. The van der Waals surface area contributed by atoms with Crippen molar-refractivity contribution in [2.75, 3.05) is 6.61 Å². The van der Waals surface area contributed by atoms with Crippen molar-refractivity contribution in [2.24, 2.45) is 5.73 Å². The van der Waals surface area contributed by atoms with Gasteiger partial charge in [-0.25, -0.2) is 4.79 Å². The smallest absolute Gasteiger partial charge is 0.338 e. The third-order valence-corrected chi connectivity index (χ3v) is 2.08. The number of carbonyl (C=O) groups is 2. The van der Waals surface area contributed by atoms with Gasteiger partial charge >= 0.3 is 5.97 Å². The summed E-state index contributed by atoms with van der Waals surface area (Å²) in [6.07, 6.45) is 0. The van der Waals surface area contributed by atoms with Gasteiger partial charge < -0.3 is 10.5 Å². The lowest BCUT2D eigenvalue weighted by Crippen LogP contribution is -2.20. The Hall–Kier alpha value is -1.11. The van der Waals surface area contributed by atoms with Crippen LogP contribution < -0.4 is 5.73 Å². The van der Waals surface area contributed by atoms with Crippen LogP contribution in [0.4, 0.5) is 0 Å². The highest BCUT2D eigenvalue weighted by Gasteiger charge is 2.07. The summed E-state index contributed by atoms with van der Waals surface area (Å²) in [5.74, 6) is -1.20. The molecule has 0 aromatic heterocycles. The Balaban J connectivity index is 2.65. The molecule has 1 aromatic rings. The zero-order chi connectivity index (χ0) is 10.6. The lowest BCUT2D eigenvalue weighted by atomic mass is 10.2. The molecule has 14 heavy (non-hydrogen) atoms. The maximum Gasteiger partial charge on any atom is 0.338 e. The second-order valence-corrected chi connectivity index (χ2v) is 3.80. The number of rotatable bonds is 3. The maximum absolute atomic E-state index is 11.3. The normalized spacial score (nSPS) is 9.50. The minimum Gasteiger partial charge on any atom is -0.452 e. The number of amides is 1. The third kappa shape index (κ3) is 3.33. The molecule has 1 rings (SSSR count). The van der Waals surface area contributed by atoms with E-state index in [2.05, 4.69) is 27.3 Å². The minimum atomic E-state index is -0.663. The van der Waals surface area contributed by atoms with Crippen LogP contribution in [-0.4, -0.2) is 18.5 Å². The molecule has 0 atom stereocenters. The Morgan fingerprint density at radius 2 is 2.14 bits per heavy atom. The van der Waals surface area contributed by atoms with Gasteiger partial charge in [0.2, 0.25) is 0 Å². The molecule has 4 nitrogen and oxygen atoms in total. The fourth-order valence-electron chi connectivity index (χ4n) is 0.835. The van der Waals surface area contributed by atoms with Crippen LogP contribution in [0.15, 0.2) is 24.3 Å². The van der Waals surface area contributed by atoms with Crippen LogP contribution in [0.5, 0.6) is 0 Å². The Kier molecular flexibility index (Phi) is 3.87. The second kappa shape index (κ2) is 4.94. The van der Waals surface area contributed by atoms with E-state index in [4.69, 9.17) is 5.73 Å². The Morgan fingerprint density at radius 1 is 1.43 bits per heavy atom. The fourth-order valence-corrected chi connectivity index (χ4v) is 1.38. The van der Waals surface area contributed by atoms with E-state index < -0.39 is 11.9 Å². The maximum atomic E-state index is 11.3. The molecular formula is C9H8INO3. The van der Waals surface area contributed by atoms with Crippen LogP contribution in [0.3, 0.4) is 0 Å². The highest BCUT2D eigenvalue weighted by molar-refractivity contribution is 14.1. The average Bonchev–Trinajstić information content (AvgIpc) is 2.14. The van der Waals surface area contributed by atoms with E-state index in [1.807, 2.05) is 6.07 Å². The van der Waals surface area contributed by atoms with Crippen molar-refractivity contribution in [3.8, 4) is 0 Å². The molecule has 0 radical (unpaired) electrons. The van der Waals surface area contributed by atoms with Crippen LogP contribution in [-0.2, 0) is 9.53 Å². The van der Waals surface area contributed by atoms with E-state index in [0.29, 0.717) is 5.56 Å². The van der Waals surface area contributed by atoms with Crippen LogP contribution >= 0.6 is 22.6 Å². The van der Waals surface area contributed by atoms with E-state index >= 15 is 0 Å². The number of benzene rings is 1. The van der Waals surface area contributed by atoms with Gasteiger partial charge in [-0.3, -0.25) is 4.79 Å². The molecule has 0 saturated carbocycles. The average molecular weight is 305 g/mol. The number of nitrogens with two attached hydrogens (primary N) is 1. The van der Waals surface area contributed by atoms with E-state index in [9.17, 15) is 9.59 Å². The molecule has 0 aliphatic carbocycles. The lowest BCUT2D eigenvalue weighted by Gasteiger charge is -2.01. The molecule has 0 bridgehead atoms. The van der Waals surface area contributed by atoms with Crippen LogP contribution in [0.2, 0.25) is 0 Å². The molecular weight excluding hydrogens is 297 g/mol. The molecule has 0 spiro atoms. The second-order valence-electron chi connectivity index (χ2n) is 2.55. The van der Waals surface area contributed by atoms with Crippen molar-refractivity contribution in [3.63, 3.8) is 0 Å². The summed E-state index contributed by atoms with van der Waals surface area (Å²) in [4.78, 5) is 21.6. The standard InChI is InChI=1S/C9H8INO3/c10-7-3-1-2-6(4-7)9(13)14-5-8(11)12/h1-4H,5H2,(H2,11,12). The first-order valence-corrected chi connectivity index (χ1v) is 4.88. The van der Waals surface area contributed by atoms with Crippen molar-refractivity contribution in [2.45, 2.75) is 0 Å². The van der Waals surface area contributed by atoms with Gasteiger partial charge in [-0.1, -0.05) is 6.07 Å². The molecule has 5 heteroatoms. The Morgan fingerprint density at radius 3 is 2.71 bits per heavy atom. The van der Waals surface area contributed by atoms with E-state index in [1.54, 1.807) is 18.2 Å². The number of esters is 1. The van der Waals surface area contributed by atoms with Gasteiger partial charge in [0.25, 0.3) is 5.91 Å². The van der Waals surface area contributed by atoms with Crippen LogP contribution in [0.1, 0.15) is 10.4 Å². The van der Waals surface area contributed by atoms with E-state index in [0.717, 1.165) is 3.57 Å². The van der Waals surface area contributed by atoms with E-state index in [-0.39, 0.29) is 6.61 Å². The Labute approximate surface area is 94.6 Å². The summed E-state index contributed by atoms with van der Waals surface area (Å²) >= 11 is 2.08. The van der Waals surface area contributed by atoms with Crippen molar-refractivity contribution in [1.29, 1.82) is 0 Å². The lowest BCUT2D eigenvalue weighted by molar-refractivity contribution is -0.121. The molecule has 0 heterocycles. The van der Waals surface area contributed by atoms with Gasteiger partial charge in [-0.15, -0.1) is 0 Å². The number of ether oxygens (including phenoxy) is 1. The van der Waals surface area contributed by atoms with Gasteiger partial charge in [0.1, 0.15) is 0 Å². The first-order valence-electron chi connectivity index (χ1n) is 3.80. The van der Waals surface area contributed by atoms with Gasteiger partial charge in [0.15, 0.2) is 6.61 Å². The van der Waals surface area contributed by atoms with Crippen molar-refractivity contribution in [3.05, 3.63) is 33.4 Å². The molecule has 0 fully saturated rings. The first kappa shape index (κ1) is 11.0. The molecule has 0 saturated heterocycles. The summed E-state index contributed by atoms with van der Waals surface area (Å²) in [6, 6.07) is 6.88. The number of halogens is 1. The largest absolute Gasteiger partial charge is 0.452 e. The zero-order valence-electron chi connectivity index (χ0n) is 7.20. The molecule has 74 valence electrons. The van der Waals surface area contributed by atoms with Gasteiger partial charge in [0.05, 0.1) is 5.56 Å². The SMILES string of the molecule is NC(=O)COC(=O)c1cccc(I)c1. The topological polar surface area (TPSA) is 69.4 Å². The number of carbonyl (C=O) groups excluding carboxylic acids is 2. The van der Waals surface area contributed by atoms with Crippen LogP contribution in [0, 0.1) is 3.57 Å². The molecule has 0 aliphatic heterocycles. The predicted octanol–water partition coefficient (Wildman–Crippen LogP) is 0.933. The molecule has 1 aromatic carbocycles. The predicted molar refractivity (Wildman–Crippen MR) is 58.6 cm³/mol. The zero-order valence-corrected chi connectivity index (χ0v) is 9.35. The van der Waals surface area contributed by atoms with Crippen molar-refractivity contribution >= 4 is 34.5 Å². The third-order valence-electron chi connectivity index (χ3n) is 1.41. The van der Waals surface area contributed by atoms with Crippen molar-refractivity contribution < 1.29 is 14.3 Å². The molecule has 1 amide bonds. The van der Waals surface area contributed by atoms with Crippen LogP contribution in [0.25, 0.3) is 0 Å². The summed E-state index contributed by atoms with van der Waals surface area (Å²) in [5.41, 5.74) is 5.25. The van der Waals surface area contributed by atoms with Crippen molar-refractivity contribution in [1.82, 2.24) is 0 Å². The molecule has 0 aliphatic rings. The summed E-state index contributed by atoms with van der Waals surface area (Å²) in [6.45, 7) is -0.385. The highest BCUT2D eigenvalue weighted by Crippen LogP contribution is 2.08. The quantitative estimate of drug-likeness (QED) is 0.667. The van der Waals surface area contributed by atoms with E-state index in [1.165, 1.54) is 0 Å². The summed E-state index contributed by atoms with van der Waals surface area (Å²) in [7, 11) is 0. The first-order chi connectivity index (χ1) is 6.59. The molecule has 0 unspecified atom stereocenters. The number of hydrogen-bond acceptors (Lipinski definition) is 3. The molecule has 2 N–H and O–H groups in total. The number of primary amides is 1. The monoisotopic (exact) mass is 305 g/mol. The Bertz CT molecular complexity index is 365. The fraction of sp³-hybridized carbons (Fsp3) is 0.111. The summed E-state index contributed by atoms with van der Waals surface area (Å²) in [5, 5.41) is 0. The van der Waals surface area contributed by atoms with Gasteiger partial charge in [-0.05, 0) is 40.8 Å². The van der Waals surface area contributed by atoms with Gasteiger partial charge in [0, 0.05) is 3.57 Å². The number of hydrogen-bond donors (Lipinski definition) is 1. The van der Waals surface area contributed by atoms with Gasteiger partial charge in [-0.2, -0.15) is 0 Å².